The van der Waals surface area contributed by atoms with Crippen LogP contribution in [0.5, 0.6) is 0 Å². The Bertz CT molecular complexity index is 464. The maximum Gasteiger partial charge on any atom is 0.232 e. The van der Waals surface area contributed by atoms with Gasteiger partial charge in [0.05, 0.1) is 16.9 Å². The number of hydrogen-bond acceptors (Lipinski definition) is 2. The molecule has 0 saturated carbocycles. The van der Waals surface area contributed by atoms with Gasteiger partial charge in [0.15, 0.2) is 0 Å². The number of halogens is 1. The van der Waals surface area contributed by atoms with Gasteiger partial charge in [-0.05, 0) is 31.5 Å². The second kappa shape index (κ2) is 6.16. The van der Waals surface area contributed by atoms with Crippen LogP contribution in [-0.2, 0) is 4.79 Å². The third-order valence-corrected chi connectivity index (χ3v) is 3.65. The first kappa shape index (κ1) is 14.9. The van der Waals surface area contributed by atoms with Gasteiger partial charge in [-0.3, -0.25) is 4.79 Å². The molecule has 0 spiro atoms. The van der Waals surface area contributed by atoms with E-state index in [1.54, 1.807) is 24.9 Å². The summed E-state index contributed by atoms with van der Waals surface area (Å²) in [5.41, 5.74) is 6.48. The quantitative estimate of drug-likeness (QED) is 0.865. The monoisotopic (exact) mass is 284 g/mol. The van der Waals surface area contributed by atoms with E-state index in [0.717, 1.165) is 5.56 Å². The molecule has 1 amide bonds. The number of carbonyl (C=O) groups is 1. The molecule has 1 rings (SSSR count). The average molecular weight is 285 g/mol. The molecule has 0 heterocycles. The van der Waals surface area contributed by atoms with Crippen molar-refractivity contribution in [3.63, 3.8) is 0 Å². The molecule has 0 saturated heterocycles. The number of nitrogens with two attached hydrogens (primary N) is 1. The van der Waals surface area contributed by atoms with Gasteiger partial charge in [-0.25, -0.2) is 0 Å². The van der Waals surface area contributed by atoms with Gasteiger partial charge in [0, 0.05) is 12.1 Å². The van der Waals surface area contributed by atoms with Crippen LogP contribution in [0.15, 0.2) is 24.3 Å². The molecule has 0 aliphatic rings. The molecule has 0 bridgehead atoms. The third kappa shape index (κ3) is 3.43. The molecule has 0 aromatic heterocycles. The van der Waals surface area contributed by atoms with E-state index in [1.165, 1.54) is 0 Å². The van der Waals surface area contributed by atoms with Gasteiger partial charge < -0.3 is 10.6 Å². The summed E-state index contributed by atoms with van der Waals surface area (Å²) in [6.07, 6.45) is 0. The van der Waals surface area contributed by atoms with Crippen LogP contribution in [0.2, 0.25) is 5.02 Å². The summed E-state index contributed by atoms with van der Waals surface area (Å²) in [4.78, 5) is 14.0. The lowest BCUT2D eigenvalue weighted by molar-refractivity contribution is -0.133. The van der Waals surface area contributed by atoms with E-state index >= 15 is 0 Å². The molecule has 0 fully saturated rings. The van der Waals surface area contributed by atoms with Crippen molar-refractivity contribution in [2.45, 2.75) is 19.9 Å². The van der Waals surface area contributed by atoms with Gasteiger partial charge in [-0.2, -0.15) is 0 Å². The van der Waals surface area contributed by atoms with Gasteiger partial charge in [-0.1, -0.05) is 36.0 Å². The second-order valence-electron chi connectivity index (χ2n) is 4.30. The molecule has 98 valence electrons. The van der Waals surface area contributed by atoms with E-state index in [4.69, 9.17) is 29.6 Å². The molecule has 1 aromatic carbocycles. The van der Waals surface area contributed by atoms with E-state index in [2.05, 4.69) is 0 Å². The molecular weight excluding hydrogens is 268 g/mol. The number of thiocarbonyl (C=S) groups is 1. The van der Waals surface area contributed by atoms with Crippen molar-refractivity contribution in [2.24, 2.45) is 11.7 Å². The Morgan fingerprint density at radius 3 is 2.56 bits per heavy atom. The smallest absolute Gasteiger partial charge is 0.232 e. The number of amides is 1. The lowest BCUT2D eigenvalue weighted by Crippen LogP contribution is -2.38. The van der Waals surface area contributed by atoms with Crippen LogP contribution >= 0.6 is 23.8 Å². The van der Waals surface area contributed by atoms with Gasteiger partial charge >= 0.3 is 0 Å². The fourth-order valence-corrected chi connectivity index (χ4v) is 1.91. The minimum Gasteiger partial charge on any atom is -0.393 e. The van der Waals surface area contributed by atoms with Crippen LogP contribution in [0.25, 0.3) is 0 Å². The molecular formula is C13H17ClN2OS. The van der Waals surface area contributed by atoms with Crippen LogP contribution in [0.4, 0.5) is 0 Å². The molecule has 2 atom stereocenters. The van der Waals surface area contributed by atoms with E-state index in [0.29, 0.717) is 5.02 Å². The lowest BCUT2D eigenvalue weighted by Gasteiger charge is -2.27. The summed E-state index contributed by atoms with van der Waals surface area (Å²) in [6.45, 7) is 3.65. The van der Waals surface area contributed by atoms with Crippen LogP contribution in [-0.4, -0.2) is 22.8 Å². The largest absolute Gasteiger partial charge is 0.393 e. The highest BCUT2D eigenvalue weighted by atomic mass is 35.5. The lowest BCUT2D eigenvalue weighted by atomic mass is 10.0. The predicted octanol–water partition coefficient (Wildman–Crippen LogP) is 2.78. The number of carbonyl (C=O) groups excluding carboxylic acids is 1. The number of rotatable bonds is 4. The van der Waals surface area contributed by atoms with Crippen molar-refractivity contribution in [3.8, 4) is 0 Å². The Balaban J connectivity index is 2.87. The average Bonchev–Trinajstić information content (AvgIpc) is 2.35. The van der Waals surface area contributed by atoms with E-state index in [-0.39, 0.29) is 16.9 Å². The Morgan fingerprint density at radius 2 is 2.06 bits per heavy atom. The van der Waals surface area contributed by atoms with E-state index in [1.807, 2.05) is 25.1 Å². The molecule has 0 aliphatic heterocycles. The normalized spacial score (nSPS) is 13.8. The first-order chi connectivity index (χ1) is 8.34. The summed E-state index contributed by atoms with van der Waals surface area (Å²) >= 11 is 10.8. The molecule has 0 radical (unpaired) electrons. The highest BCUT2D eigenvalue weighted by Gasteiger charge is 2.24. The van der Waals surface area contributed by atoms with Crippen molar-refractivity contribution in [1.82, 2.24) is 4.90 Å². The first-order valence-corrected chi connectivity index (χ1v) is 6.44. The highest BCUT2D eigenvalue weighted by Crippen LogP contribution is 2.23. The summed E-state index contributed by atoms with van der Waals surface area (Å²) in [5, 5.41) is 0.655. The highest BCUT2D eigenvalue weighted by molar-refractivity contribution is 7.80. The summed E-state index contributed by atoms with van der Waals surface area (Å²) < 4.78 is 0. The minimum absolute atomic E-state index is 0.0759. The fourth-order valence-electron chi connectivity index (χ4n) is 1.61. The van der Waals surface area contributed by atoms with Crippen LogP contribution in [0, 0.1) is 5.92 Å². The zero-order valence-electron chi connectivity index (χ0n) is 10.7. The van der Waals surface area contributed by atoms with Crippen LogP contribution in [0.1, 0.15) is 25.5 Å². The second-order valence-corrected chi connectivity index (χ2v) is 5.21. The van der Waals surface area contributed by atoms with Crippen molar-refractivity contribution in [1.29, 1.82) is 0 Å². The van der Waals surface area contributed by atoms with Gasteiger partial charge in [0.1, 0.15) is 0 Å². The number of hydrogen-bond donors (Lipinski definition) is 1. The number of nitrogens with zero attached hydrogens (tertiary/aromatic N) is 1. The molecule has 18 heavy (non-hydrogen) atoms. The van der Waals surface area contributed by atoms with E-state index < -0.39 is 5.92 Å². The fraction of sp³-hybridized carbons (Fsp3) is 0.385. The van der Waals surface area contributed by atoms with Gasteiger partial charge in [0.2, 0.25) is 5.91 Å². The van der Waals surface area contributed by atoms with Crippen molar-refractivity contribution < 1.29 is 4.79 Å². The molecule has 2 unspecified atom stereocenters. The van der Waals surface area contributed by atoms with Crippen molar-refractivity contribution in [3.05, 3.63) is 34.9 Å². The number of benzene rings is 1. The Hall–Kier alpha value is -1.13. The maximum atomic E-state index is 12.1. The summed E-state index contributed by atoms with van der Waals surface area (Å²) in [6, 6.07) is 7.38. The van der Waals surface area contributed by atoms with Crippen LogP contribution in [0.3, 0.4) is 0 Å². The minimum atomic E-state index is -0.452. The standard InChI is InChI=1S/C13H17ClN2OS/c1-8(12(15)18)13(17)16(3)9(2)10-5-4-6-11(14)7-10/h4-9H,1-3H3,(H2,15,18). The Morgan fingerprint density at radius 1 is 1.44 bits per heavy atom. The Kier molecular flexibility index (Phi) is 5.11. The first-order valence-electron chi connectivity index (χ1n) is 5.66. The maximum absolute atomic E-state index is 12.1. The van der Waals surface area contributed by atoms with E-state index in [9.17, 15) is 4.79 Å². The summed E-state index contributed by atoms with van der Waals surface area (Å²) in [7, 11) is 1.74. The predicted molar refractivity (Wildman–Crippen MR) is 78.6 cm³/mol. The van der Waals surface area contributed by atoms with Crippen molar-refractivity contribution >= 4 is 34.7 Å². The zero-order valence-corrected chi connectivity index (χ0v) is 12.3. The Labute approximate surface area is 118 Å². The third-order valence-electron chi connectivity index (χ3n) is 3.06. The van der Waals surface area contributed by atoms with Gasteiger partial charge in [0.25, 0.3) is 0 Å². The molecule has 2 N–H and O–H groups in total. The zero-order chi connectivity index (χ0) is 13.9. The van der Waals surface area contributed by atoms with Crippen LogP contribution < -0.4 is 5.73 Å². The molecule has 1 aromatic rings. The molecule has 5 heteroatoms. The van der Waals surface area contributed by atoms with Crippen molar-refractivity contribution in [2.75, 3.05) is 7.05 Å². The topological polar surface area (TPSA) is 46.3 Å². The molecule has 3 nitrogen and oxygen atoms in total. The SMILES string of the molecule is CC(C(=O)N(C)C(C)c1cccc(Cl)c1)C(N)=S. The van der Waals surface area contributed by atoms with Gasteiger partial charge in [-0.15, -0.1) is 0 Å². The summed E-state index contributed by atoms with van der Waals surface area (Å²) in [5.74, 6) is -0.540. The molecule has 0 aliphatic carbocycles.